The summed E-state index contributed by atoms with van der Waals surface area (Å²) in [5.74, 6) is 0.995. The van der Waals surface area contributed by atoms with Crippen LogP contribution in [0.3, 0.4) is 0 Å². The van der Waals surface area contributed by atoms with Gasteiger partial charge in [0.1, 0.15) is 12.4 Å². The van der Waals surface area contributed by atoms with Crippen molar-refractivity contribution in [3.8, 4) is 11.3 Å². The molecule has 0 aliphatic carbocycles. The summed E-state index contributed by atoms with van der Waals surface area (Å²) in [6, 6.07) is 7.56. The topological polar surface area (TPSA) is 97.9 Å². The predicted octanol–water partition coefficient (Wildman–Crippen LogP) is 3.67. The van der Waals surface area contributed by atoms with Gasteiger partial charge in [-0.25, -0.2) is 15.0 Å². The van der Waals surface area contributed by atoms with Crippen molar-refractivity contribution in [1.82, 2.24) is 30.0 Å². The predicted molar refractivity (Wildman–Crippen MR) is 110 cm³/mol. The molecule has 0 spiro atoms. The zero-order chi connectivity index (χ0) is 20.7. The number of likely N-dealkylation sites (tertiary alicyclic amines) is 1. The normalized spacial score (nSPS) is 16.3. The lowest BCUT2D eigenvalue weighted by atomic mass is 10.0. The smallest absolute Gasteiger partial charge is 0.255 e. The minimum Gasteiger partial charge on any atom is -0.337 e. The molecular formula is C22H20N6O2. The van der Waals surface area contributed by atoms with Gasteiger partial charge in [-0.2, -0.15) is 4.98 Å². The molecule has 30 heavy (non-hydrogen) atoms. The molecule has 0 bridgehead atoms. The summed E-state index contributed by atoms with van der Waals surface area (Å²) in [7, 11) is 0. The van der Waals surface area contributed by atoms with E-state index >= 15 is 0 Å². The zero-order valence-electron chi connectivity index (χ0n) is 16.7. The Bertz CT molecular complexity index is 1240. The van der Waals surface area contributed by atoms with E-state index in [1.54, 1.807) is 19.3 Å². The highest BCUT2D eigenvalue weighted by molar-refractivity contribution is 6.07. The Morgan fingerprint density at radius 2 is 1.97 bits per heavy atom. The number of hydrogen-bond donors (Lipinski definition) is 0. The number of rotatable bonds is 3. The summed E-state index contributed by atoms with van der Waals surface area (Å²) in [6.07, 6.45) is 6.56. The van der Waals surface area contributed by atoms with Crippen molar-refractivity contribution in [1.29, 1.82) is 0 Å². The number of fused-ring (bicyclic) bond motifs is 1. The maximum absolute atomic E-state index is 13.7. The van der Waals surface area contributed by atoms with E-state index < -0.39 is 0 Å². The molecule has 0 saturated carbocycles. The maximum Gasteiger partial charge on any atom is 0.255 e. The minimum absolute atomic E-state index is 0.0653. The second kappa shape index (κ2) is 7.29. The molecule has 1 saturated heterocycles. The van der Waals surface area contributed by atoms with Crippen LogP contribution in [-0.4, -0.2) is 42.4 Å². The number of pyridine rings is 1. The van der Waals surface area contributed by atoms with E-state index in [4.69, 9.17) is 9.51 Å². The Morgan fingerprint density at radius 1 is 1.13 bits per heavy atom. The standard InChI is InChI=1S/C22H20N6O2/c1-13-5-6-18-16(8-13)17(9-19(26-18)15-10-23-12-24-11-15)22(29)28-7-3-4-20(28)21-25-14(2)27-30-21/h5-6,8-12,20H,3-4,7H2,1-2H3. The second-order valence-corrected chi connectivity index (χ2v) is 7.54. The average Bonchev–Trinajstić information content (AvgIpc) is 3.42. The van der Waals surface area contributed by atoms with Gasteiger partial charge < -0.3 is 9.42 Å². The van der Waals surface area contributed by atoms with Crippen LogP contribution in [0.15, 0.2) is 47.5 Å². The van der Waals surface area contributed by atoms with Crippen LogP contribution < -0.4 is 0 Å². The molecular weight excluding hydrogens is 380 g/mol. The lowest BCUT2D eigenvalue weighted by molar-refractivity contribution is 0.0712. The highest BCUT2D eigenvalue weighted by Crippen LogP contribution is 2.34. The molecule has 1 unspecified atom stereocenters. The number of hydrogen-bond acceptors (Lipinski definition) is 7. The van der Waals surface area contributed by atoms with Gasteiger partial charge in [-0.1, -0.05) is 16.8 Å². The van der Waals surface area contributed by atoms with Gasteiger partial charge in [-0.15, -0.1) is 0 Å². The van der Waals surface area contributed by atoms with E-state index in [1.807, 2.05) is 36.1 Å². The number of nitrogens with zero attached hydrogens (tertiary/aromatic N) is 6. The van der Waals surface area contributed by atoms with Crippen LogP contribution in [0.2, 0.25) is 0 Å². The molecule has 1 fully saturated rings. The molecule has 1 aromatic carbocycles. The van der Waals surface area contributed by atoms with Gasteiger partial charge in [0.25, 0.3) is 5.91 Å². The summed E-state index contributed by atoms with van der Waals surface area (Å²) in [5, 5.41) is 4.72. The number of aryl methyl sites for hydroxylation is 2. The molecule has 150 valence electrons. The average molecular weight is 400 g/mol. The van der Waals surface area contributed by atoms with Gasteiger partial charge in [0, 0.05) is 29.9 Å². The summed E-state index contributed by atoms with van der Waals surface area (Å²) >= 11 is 0. The number of amides is 1. The molecule has 8 nitrogen and oxygen atoms in total. The van der Waals surface area contributed by atoms with Gasteiger partial charge >= 0.3 is 0 Å². The van der Waals surface area contributed by atoms with Crippen LogP contribution in [0.5, 0.6) is 0 Å². The van der Waals surface area contributed by atoms with Gasteiger partial charge in [-0.3, -0.25) is 4.79 Å². The lowest BCUT2D eigenvalue weighted by Crippen LogP contribution is -2.31. The Labute approximate surface area is 173 Å². The van der Waals surface area contributed by atoms with Crippen LogP contribution in [-0.2, 0) is 0 Å². The van der Waals surface area contributed by atoms with E-state index in [1.165, 1.54) is 6.33 Å². The van der Waals surface area contributed by atoms with E-state index in [0.29, 0.717) is 29.5 Å². The van der Waals surface area contributed by atoms with Crippen LogP contribution in [0.1, 0.15) is 46.5 Å². The quantitative estimate of drug-likeness (QED) is 0.517. The monoisotopic (exact) mass is 400 g/mol. The number of carbonyl (C=O) groups excluding carboxylic acids is 1. The molecule has 1 amide bonds. The van der Waals surface area contributed by atoms with E-state index in [2.05, 4.69) is 20.1 Å². The summed E-state index contributed by atoms with van der Waals surface area (Å²) in [4.78, 5) is 32.8. The number of benzene rings is 1. The maximum atomic E-state index is 13.7. The SMILES string of the molecule is Cc1ccc2nc(-c3cncnc3)cc(C(=O)N3CCCC3c3nc(C)no3)c2c1. The molecule has 1 atom stereocenters. The van der Waals surface area contributed by atoms with E-state index in [0.717, 1.165) is 34.9 Å². The van der Waals surface area contributed by atoms with Crippen molar-refractivity contribution in [2.75, 3.05) is 6.54 Å². The fourth-order valence-electron chi connectivity index (χ4n) is 3.97. The first-order chi connectivity index (χ1) is 14.6. The van der Waals surface area contributed by atoms with E-state index in [9.17, 15) is 4.79 Å². The Hall–Kier alpha value is -3.68. The highest BCUT2D eigenvalue weighted by Gasteiger charge is 2.35. The molecule has 0 N–H and O–H groups in total. The molecule has 3 aromatic heterocycles. The third-order valence-corrected chi connectivity index (χ3v) is 5.39. The number of carbonyl (C=O) groups is 1. The number of aromatic nitrogens is 5. The first kappa shape index (κ1) is 18.4. The third kappa shape index (κ3) is 3.20. The Morgan fingerprint density at radius 3 is 2.73 bits per heavy atom. The molecule has 1 aliphatic heterocycles. The van der Waals surface area contributed by atoms with Crippen molar-refractivity contribution in [3.63, 3.8) is 0 Å². The lowest BCUT2D eigenvalue weighted by Gasteiger charge is -2.23. The van der Waals surface area contributed by atoms with Crippen LogP contribution >= 0.6 is 0 Å². The molecule has 0 radical (unpaired) electrons. The molecule has 4 aromatic rings. The van der Waals surface area contributed by atoms with Gasteiger partial charge in [0.05, 0.1) is 16.8 Å². The first-order valence-electron chi connectivity index (χ1n) is 9.88. The van der Waals surface area contributed by atoms with Gasteiger partial charge in [0.15, 0.2) is 5.82 Å². The summed E-state index contributed by atoms with van der Waals surface area (Å²) < 4.78 is 5.38. The van der Waals surface area contributed by atoms with Crippen LogP contribution in [0.4, 0.5) is 0 Å². The minimum atomic E-state index is -0.213. The van der Waals surface area contributed by atoms with Gasteiger partial charge in [0.2, 0.25) is 5.89 Å². The second-order valence-electron chi connectivity index (χ2n) is 7.54. The zero-order valence-corrected chi connectivity index (χ0v) is 16.7. The molecule has 4 heterocycles. The first-order valence-corrected chi connectivity index (χ1v) is 9.88. The fraction of sp³-hybridized carbons (Fsp3) is 0.273. The Kier molecular flexibility index (Phi) is 4.46. The van der Waals surface area contributed by atoms with Crippen LogP contribution in [0, 0.1) is 13.8 Å². The molecule has 5 rings (SSSR count). The van der Waals surface area contributed by atoms with Crippen molar-refractivity contribution >= 4 is 16.8 Å². The summed E-state index contributed by atoms with van der Waals surface area (Å²) in [6.45, 7) is 4.43. The molecule has 8 heteroatoms. The van der Waals surface area contributed by atoms with Gasteiger partial charge in [-0.05, 0) is 44.9 Å². The summed E-state index contributed by atoms with van der Waals surface area (Å²) in [5.41, 5.74) is 3.86. The fourth-order valence-corrected chi connectivity index (χ4v) is 3.97. The molecule has 1 aliphatic rings. The van der Waals surface area contributed by atoms with Crippen molar-refractivity contribution in [3.05, 3.63) is 65.8 Å². The van der Waals surface area contributed by atoms with Crippen molar-refractivity contribution in [2.24, 2.45) is 0 Å². The van der Waals surface area contributed by atoms with Crippen molar-refractivity contribution < 1.29 is 9.32 Å². The highest BCUT2D eigenvalue weighted by atomic mass is 16.5. The van der Waals surface area contributed by atoms with E-state index in [-0.39, 0.29) is 11.9 Å². The third-order valence-electron chi connectivity index (χ3n) is 5.39. The Balaban J connectivity index is 1.63. The van der Waals surface area contributed by atoms with Crippen LogP contribution in [0.25, 0.3) is 22.2 Å². The van der Waals surface area contributed by atoms with Crippen molar-refractivity contribution in [2.45, 2.75) is 32.7 Å². The largest absolute Gasteiger partial charge is 0.337 e.